The molecular weight excluding hydrogens is 208 g/mol. The zero-order valence-electron chi connectivity index (χ0n) is 9.12. The molecule has 82 valence electrons. The summed E-state index contributed by atoms with van der Waals surface area (Å²) in [6, 6.07) is 4.00. The van der Waals surface area contributed by atoms with Gasteiger partial charge >= 0.3 is 0 Å². The normalized spacial score (nSPS) is 22.5. The highest BCUT2D eigenvalue weighted by atomic mass is 35.5. The first-order valence-corrected chi connectivity index (χ1v) is 6.00. The summed E-state index contributed by atoms with van der Waals surface area (Å²) in [4.78, 5) is 6.43. The second kappa shape index (κ2) is 4.84. The zero-order valence-corrected chi connectivity index (χ0v) is 9.87. The van der Waals surface area contributed by atoms with Gasteiger partial charge in [0.15, 0.2) is 0 Å². The molecule has 3 heteroatoms. The molecule has 15 heavy (non-hydrogen) atoms. The first-order chi connectivity index (χ1) is 7.25. The Bertz CT molecular complexity index is 327. The van der Waals surface area contributed by atoms with Crippen molar-refractivity contribution in [2.24, 2.45) is 5.92 Å². The van der Waals surface area contributed by atoms with Gasteiger partial charge in [-0.1, -0.05) is 18.5 Å². The van der Waals surface area contributed by atoms with Crippen LogP contribution < -0.4 is 4.90 Å². The Hall–Kier alpha value is -0.760. The number of rotatable bonds is 1. The summed E-state index contributed by atoms with van der Waals surface area (Å²) in [5.41, 5.74) is 1.21. The molecule has 0 aliphatic carbocycles. The Morgan fingerprint density at radius 2 is 2.27 bits per heavy atom. The van der Waals surface area contributed by atoms with Crippen molar-refractivity contribution in [3.05, 3.63) is 23.5 Å². The number of hydrogen-bond acceptors (Lipinski definition) is 2. The Balaban J connectivity index is 2.09. The van der Waals surface area contributed by atoms with Gasteiger partial charge in [-0.15, -0.1) is 0 Å². The molecule has 0 radical (unpaired) electrons. The van der Waals surface area contributed by atoms with E-state index in [0.717, 1.165) is 19.0 Å². The van der Waals surface area contributed by atoms with Crippen molar-refractivity contribution in [3.8, 4) is 0 Å². The van der Waals surface area contributed by atoms with Crippen LogP contribution in [0.15, 0.2) is 18.3 Å². The van der Waals surface area contributed by atoms with Gasteiger partial charge in [-0.3, -0.25) is 0 Å². The van der Waals surface area contributed by atoms with Crippen LogP contribution in [0.25, 0.3) is 0 Å². The Morgan fingerprint density at radius 1 is 1.40 bits per heavy atom. The van der Waals surface area contributed by atoms with Crippen LogP contribution in [-0.2, 0) is 0 Å². The SMILES string of the molecule is CC1CCCN(c2ccnc(Cl)c2)CC1. The molecule has 0 spiro atoms. The molecule has 0 bridgehead atoms. The molecule has 2 rings (SSSR count). The molecule has 0 saturated carbocycles. The Kier molecular flexibility index (Phi) is 3.47. The molecule has 2 heterocycles. The smallest absolute Gasteiger partial charge is 0.131 e. The number of nitrogens with zero attached hydrogens (tertiary/aromatic N) is 2. The van der Waals surface area contributed by atoms with Crippen LogP contribution in [-0.4, -0.2) is 18.1 Å². The van der Waals surface area contributed by atoms with Crippen LogP contribution in [0.1, 0.15) is 26.2 Å². The highest BCUT2D eigenvalue weighted by Crippen LogP contribution is 2.23. The molecule has 1 aliphatic rings. The summed E-state index contributed by atoms with van der Waals surface area (Å²) in [5.74, 6) is 0.854. The van der Waals surface area contributed by atoms with Gasteiger partial charge in [0.1, 0.15) is 5.15 Å². The Labute approximate surface area is 96.3 Å². The van der Waals surface area contributed by atoms with Gasteiger partial charge in [0.25, 0.3) is 0 Å². The molecule has 0 amide bonds. The second-order valence-electron chi connectivity index (χ2n) is 4.36. The minimum atomic E-state index is 0.588. The fourth-order valence-electron chi connectivity index (χ4n) is 2.11. The summed E-state index contributed by atoms with van der Waals surface area (Å²) in [6.07, 6.45) is 5.68. The van der Waals surface area contributed by atoms with Gasteiger partial charge < -0.3 is 4.90 Å². The lowest BCUT2D eigenvalue weighted by atomic mass is 10.0. The van der Waals surface area contributed by atoms with Gasteiger partial charge in [0.2, 0.25) is 0 Å². The predicted octanol–water partition coefficient (Wildman–Crippen LogP) is 3.36. The van der Waals surface area contributed by atoms with E-state index in [1.165, 1.54) is 24.9 Å². The molecule has 1 unspecified atom stereocenters. The maximum atomic E-state index is 5.90. The van der Waals surface area contributed by atoms with E-state index in [-0.39, 0.29) is 0 Å². The summed E-state index contributed by atoms with van der Waals surface area (Å²) in [6.45, 7) is 4.62. The Morgan fingerprint density at radius 3 is 3.07 bits per heavy atom. The van der Waals surface area contributed by atoms with Crippen LogP contribution in [0.2, 0.25) is 5.15 Å². The van der Waals surface area contributed by atoms with Crippen LogP contribution in [0.4, 0.5) is 5.69 Å². The van der Waals surface area contributed by atoms with Crippen molar-refractivity contribution in [3.63, 3.8) is 0 Å². The molecule has 1 aromatic rings. The van der Waals surface area contributed by atoms with Crippen LogP contribution >= 0.6 is 11.6 Å². The zero-order chi connectivity index (χ0) is 10.7. The third-order valence-electron chi connectivity index (χ3n) is 3.09. The monoisotopic (exact) mass is 224 g/mol. The van der Waals surface area contributed by atoms with E-state index in [2.05, 4.69) is 16.8 Å². The molecule has 1 aromatic heterocycles. The molecule has 1 fully saturated rings. The third-order valence-corrected chi connectivity index (χ3v) is 3.30. The quantitative estimate of drug-likeness (QED) is 0.680. The van der Waals surface area contributed by atoms with Crippen molar-refractivity contribution in [1.29, 1.82) is 0 Å². The first-order valence-electron chi connectivity index (χ1n) is 5.62. The minimum absolute atomic E-state index is 0.588. The maximum absolute atomic E-state index is 5.90. The standard InChI is InChI=1S/C12H17ClN2/c1-10-3-2-7-15(8-5-10)11-4-6-14-12(13)9-11/h4,6,9-10H,2-3,5,7-8H2,1H3. The van der Waals surface area contributed by atoms with E-state index < -0.39 is 0 Å². The summed E-state index contributed by atoms with van der Waals surface area (Å²) >= 11 is 5.90. The van der Waals surface area contributed by atoms with E-state index in [1.807, 2.05) is 12.1 Å². The van der Waals surface area contributed by atoms with Gasteiger partial charge in [-0.2, -0.15) is 0 Å². The lowest BCUT2D eigenvalue weighted by Gasteiger charge is -2.22. The van der Waals surface area contributed by atoms with E-state index in [9.17, 15) is 0 Å². The number of halogens is 1. The number of hydrogen-bond donors (Lipinski definition) is 0. The number of anilines is 1. The fourth-order valence-corrected chi connectivity index (χ4v) is 2.28. The number of aromatic nitrogens is 1. The predicted molar refractivity (Wildman–Crippen MR) is 64.5 cm³/mol. The van der Waals surface area contributed by atoms with Gasteiger partial charge in [-0.05, 0) is 37.3 Å². The van der Waals surface area contributed by atoms with Crippen molar-refractivity contribution >= 4 is 17.3 Å². The van der Waals surface area contributed by atoms with Crippen LogP contribution in [0, 0.1) is 5.92 Å². The van der Waals surface area contributed by atoms with Crippen LogP contribution in [0.5, 0.6) is 0 Å². The van der Waals surface area contributed by atoms with Crippen molar-refractivity contribution in [2.45, 2.75) is 26.2 Å². The van der Waals surface area contributed by atoms with Crippen molar-refractivity contribution < 1.29 is 0 Å². The van der Waals surface area contributed by atoms with E-state index in [1.54, 1.807) is 6.20 Å². The lowest BCUT2D eigenvalue weighted by molar-refractivity contribution is 0.521. The topological polar surface area (TPSA) is 16.1 Å². The van der Waals surface area contributed by atoms with E-state index in [4.69, 9.17) is 11.6 Å². The summed E-state index contributed by atoms with van der Waals surface area (Å²) in [7, 11) is 0. The molecular formula is C12H17ClN2. The second-order valence-corrected chi connectivity index (χ2v) is 4.75. The molecule has 0 aromatic carbocycles. The minimum Gasteiger partial charge on any atom is -0.371 e. The summed E-state index contributed by atoms with van der Waals surface area (Å²) in [5, 5.41) is 0.588. The van der Waals surface area contributed by atoms with Gasteiger partial charge in [0, 0.05) is 25.0 Å². The lowest BCUT2D eigenvalue weighted by Crippen LogP contribution is -2.24. The third kappa shape index (κ3) is 2.85. The van der Waals surface area contributed by atoms with Crippen LogP contribution in [0.3, 0.4) is 0 Å². The average molecular weight is 225 g/mol. The van der Waals surface area contributed by atoms with Gasteiger partial charge in [-0.25, -0.2) is 4.98 Å². The molecule has 1 saturated heterocycles. The van der Waals surface area contributed by atoms with Crippen molar-refractivity contribution in [2.75, 3.05) is 18.0 Å². The highest BCUT2D eigenvalue weighted by molar-refractivity contribution is 6.29. The summed E-state index contributed by atoms with van der Waals surface area (Å²) < 4.78 is 0. The highest BCUT2D eigenvalue weighted by Gasteiger charge is 2.14. The maximum Gasteiger partial charge on any atom is 0.131 e. The first kappa shape index (κ1) is 10.7. The average Bonchev–Trinajstić information content (AvgIpc) is 2.43. The van der Waals surface area contributed by atoms with Crippen molar-refractivity contribution in [1.82, 2.24) is 4.98 Å². The number of pyridine rings is 1. The molecule has 2 nitrogen and oxygen atoms in total. The molecule has 1 aliphatic heterocycles. The molecule has 0 N–H and O–H groups in total. The van der Waals surface area contributed by atoms with E-state index in [0.29, 0.717) is 5.15 Å². The largest absolute Gasteiger partial charge is 0.371 e. The molecule has 1 atom stereocenters. The van der Waals surface area contributed by atoms with E-state index >= 15 is 0 Å². The fraction of sp³-hybridized carbons (Fsp3) is 0.583. The van der Waals surface area contributed by atoms with Gasteiger partial charge in [0.05, 0.1) is 0 Å².